The first-order valence-electron chi connectivity index (χ1n) is 6.09. The van der Waals surface area contributed by atoms with Crippen LogP contribution in [0.4, 0.5) is 0 Å². The highest BCUT2D eigenvalue weighted by atomic mass is 16.5. The minimum absolute atomic E-state index is 0.352. The molecule has 0 aromatic heterocycles. The van der Waals surface area contributed by atoms with Crippen molar-refractivity contribution >= 4 is 0 Å². The lowest BCUT2D eigenvalue weighted by atomic mass is 10.1. The Morgan fingerprint density at radius 2 is 2.13 bits per heavy atom. The molecule has 1 saturated carbocycles. The maximum atomic E-state index is 5.87. The topological polar surface area (TPSA) is 21.3 Å². The summed E-state index contributed by atoms with van der Waals surface area (Å²) in [6.45, 7) is 12.2. The zero-order valence-corrected chi connectivity index (χ0v) is 10.4. The molecule has 1 N–H and O–H groups in total. The van der Waals surface area contributed by atoms with Crippen LogP contribution in [0.3, 0.4) is 0 Å². The van der Waals surface area contributed by atoms with Gasteiger partial charge in [0.05, 0.1) is 12.7 Å². The Hall–Kier alpha value is -0.340. The van der Waals surface area contributed by atoms with Crippen LogP contribution < -0.4 is 5.32 Å². The fourth-order valence-corrected chi connectivity index (χ4v) is 1.44. The van der Waals surface area contributed by atoms with E-state index in [4.69, 9.17) is 4.74 Å². The molecule has 0 aliphatic heterocycles. The lowest BCUT2D eigenvalue weighted by molar-refractivity contribution is 0.0245. The minimum atomic E-state index is 0.352. The normalized spacial score (nSPS) is 18.1. The summed E-state index contributed by atoms with van der Waals surface area (Å²) in [7, 11) is 0. The van der Waals surface area contributed by atoms with Gasteiger partial charge in [-0.2, -0.15) is 0 Å². The summed E-state index contributed by atoms with van der Waals surface area (Å²) < 4.78 is 5.87. The number of hydrogen-bond acceptors (Lipinski definition) is 2. The largest absolute Gasteiger partial charge is 0.376 e. The summed E-state index contributed by atoms with van der Waals surface area (Å²) in [5, 5.41) is 3.53. The Balaban J connectivity index is 2.13. The van der Waals surface area contributed by atoms with Gasteiger partial charge in [0.25, 0.3) is 0 Å². The third kappa shape index (κ3) is 5.95. The third-order valence-corrected chi connectivity index (χ3v) is 2.79. The first-order chi connectivity index (χ1) is 7.09. The van der Waals surface area contributed by atoms with Crippen LogP contribution in [0.25, 0.3) is 0 Å². The second kappa shape index (κ2) is 6.29. The summed E-state index contributed by atoms with van der Waals surface area (Å²) in [5.41, 5.74) is 1.20. The zero-order valence-electron chi connectivity index (χ0n) is 10.4. The molecular formula is C13H25NO. The molecule has 1 fully saturated rings. The molecule has 1 rings (SSSR count). The van der Waals surface area contributed by atoms with E-state index in [2.05, 4.69) is 32.7 Å². The van der Waals surface area contributed by atoms with Gasteiger partial charge in [-0.05, 0) is 32.1 Å². The second-order valence-corrected chi connectivity index (χ2v) is 5.04. The van der Waals surface area contributed by atoms with E-state index in [1.54, 1.807) is 0 Å². The van der Waals surface area contributed by atoms with Gasteiger partial charge < -0.3 is 10.1 Å². The summed E-state index contributed by atoms with van der Waals surface area (Å²) in [4.78, 5) is 0. The Labute approximate surface area is 94.1 Å². The van der Waals surface area contributed by atoms with Crippen molar-refractivity contribution in [2.75, 3.05) is 13.2 Å². The number of rotatable bonds is 8. The Morgan fingerprint density at radius 3 is 2.60 bits per heavy atom. The molecule has 2 nitrogen and oxygen atoms in total. The van der Waals surface area contributed by atoms with Gasteiger partial charge in [-0.3, -0.25) is 0 Å². The molecule has 1 aliphatic rings. The van der Waals surface area contributed by atoms with Gasteiger partial charge in [0, 0.05) is 12.6 Å². The van der Waals surface area contributed by atoms with Crippen molar-refractivity contribution in [1.82, 2.24) is 5.32 Å². The highest BCUT2D eigenvalue weighted by molar-refractivity contribution is 4.87. The van der Waals surface area contributed by atoms with Gasteiger partial charge in [0.1, 0.15) is 0 Å². The third-order valence-electron chi connectivity index (χ3n) is 2.79. The Kier molecular flexibility index (Phi) is 5.34. The lowest BCUT2D eigenvalue weighted by Gasteiger charge is -2.22. The van der Waals surface area contributed by atoms with E-state index in [1.165, 1.54) is 18.4 Å². The molecule has 15 heavy (non-hydrogen) atoms. The van der Waals surface area contributed by atoms with Gasteiger partial charge in [-0.1, -0.05) is 19.4 Å². The molecule has 1 aliphatic carbocycles. The quantitative estimate of drug-likeness (QED) is 0.623. The van der Waals surface area contributed by atoms with Crippen molar-refractivity contribution in [1.29, 1.82) is 0 Å². The van der Waals surface area contributed by atoms with Gasteiger partial charge in [-0.15, -0.1) is 6.58 Å². The summed E-state index contributed by atoms with van der Waals surface area (Å²) in [5.74, 6) is 0.585. The van der Waals surface area contributed by atoms with E-state index in [0.29, 0.717) is 12.0 Å². The lowest BCUT2D eigenvalue weighted by Crippen LogP contribution is -2.34. The number of nitrogens with one attached hydrogen (secondary N) is 1. The predicted molar refractivity (Wildman–Crippen MR) is 65.0 cm³/mol. The smallest absolute Gasteiger partial charge is 0.0722 e. The molecule has 0 saturated heterocycles. The van der Waals surface area contributed by atoms with Crippen LogP contribution in [0.5, 0.6) is 0 Å². The molecule has 1 atom stereocenters. The SMILES string of the molecule is C=C(C)CCOC(CNC1CC1)C(C)C. The monoisotopic (exact) mass is 211 g/mol. The maximum absolute atomic E-state index is 5.87. The molecule has 0 bridgehead atoms. The van der Waals surface area contributed by atoms with E-state index < -0.39 is 0 Å². The van der Waals surface area contributed by atoms with Crippen molar-refractivity contribution in [3.05, 3.63) is 12.2 Å². The molecular weight excluding hydrogens is 186 g/mol. The summed E-state index contributed by atoms with van der Waals surface area (Å²) in [6, 6.07) is 0.774. The van der Waals surface area contributed by atoms with Crippen LogP contribution in [-0.4, -0.2) is 25.3 Å². The summed E-state index contributed by atoms with van der Waals surface area (Å²) >= 11 is 0. The minimum Gasteiger partial charge on any atom is -0.376 e. The Bertz CT molecular complexity index is 197. The fraction of sp³-hybridized carbons (Fsp3) is 0.846. The van der Waals surface area contributed by atoms with E-state index in [9.17, 15) is 0 Å². The molecule has 0 amide bonds. The van der Waals surface area contributed by atoms with Gasteiger partial charge in [0.15, 0.2) is 0 Å². The van der Waals surface area contributed by atoms with Crippen LogP contribution in [0.15, 0.2) is 12.2 Å². The highest BCUT2D eigenvalue weighted by Crippen LogP contribution is 2.19. The van der Waals surface area contributed by atoms with Crippen LogP contribution >= 0.6 is 0 Å². The fourth-order valence-electron chi connectivity index (χ4n) is 1.44. The first kappa shape index (κ1) is 12.7. The number of hydrogen-bond donors (Lipinski definition) is 1. The average molecular weight is 211 g/mol. The van der Waals surface area contributed by atoms with Crippen LogP contribution in [0.1, 0.15) is 40.0 Å². The molecule has 1 unspecified atom stereocenters. The van der Waals surface area contributed by atoms with Gasteiger partial charge in [0.2, 0.25) is 0 Å². The molecule has 2 heteroatoms. The Morgan fingerprint density at radius 1 is 1.47 bits per heavy atom. The van der Waals surface area contributed by atoms with Crippen molar-refractivity contribution in [3.63, 3.8) is 0 Å². The van der Waals surface area contributed by atoms with Crippen molar-refractivity contribution in [2.24, 2.45) is 5.92 Å². The van der Waals surface area contributed by atoms with Crippen molar-refractivity contribution in [2.45, 2.75) is 52.2 Å². The summed E-state index contributed by atoms with van der Waals surface area (Å²) in [6.07, 6.45) is 4.02. The van der Waals surface area contributed by atoms with Crippen molar-refractivity contribution in [3.8, 4) is 0 Å². The first-order valence-corrected chi connectivity index (χ1v) is 6.09. The van der Waals surface area contributed by atoms with Gasteiger partial charge in [-0.25, -0.2) is 0 Å². The molecule has 0 aromatic rings. The maximum Gasteiger partial charge on any atom is 0.0722 e. The van der Waals surface area contributed by atoms with E-state index in [-0.39, 0.29) is 0 Å². The van der Waals surface area contributed by atoms with Crippen LogP contribution in [0, 0.1) is 5.92 Å². The second-order valence-electron chi connectivity index (χ2n) is 5.04. The zero-order chi connectivity index (χ0) is 11.3. The van der Waals surface area contributed by atoms with Crippen LogP contribution in [0.2, 0.25) is 0 Å². The molecule has 0 heterocycles. The molecule has 0 spiro atoms. The van der Waals surface area contributed by atoms with Crippen molar-refractivity contribution < 1.29 is 4.74 Å². The average Bonchev–Trinajstić information content (AvgIpc) is 2.93. The van der Waals surface area contributed by atoms with Gasteiger partial charge >= 0.3 is 0 Å². The predicted octanol–water partition coefficient (Wildman–Crippen LogP) is 2.75. The van der Waals surface area contributed by atoms with Crippen LogP contribution in [-0.2, 0) is 4.74 Å². The highest BCUT2D eigenvalue weighted by Gasteiger charge is 2.23. The molecule has 88 valence electrons. The standard InChI is InChI=1S/C13H25NO/c1-10(2)7-8-15-13(11(3)4)9-14-12-5-6-12/h11-14H,1,5-9H2,2-4H3. The number of ether oxygens (including phenoxy) is 1. The van der Waals surface area contributed by atoms with E-state index in [0.717, 1.165) is 25.6 Å². The van der Waals surface area contributed by atoms with E-state index >= 15 is 0 Å². The van der Waals surface area contributed by atoms with E-state index in [1.807, 2.05) is 0 Å². The molecule has 0 radical (unpaired) electrons. The molecule has 0 aromatic carbocycles.